The zero-order valence-electron chi connectivity index (χ0n) is 14.5. The molecule has 2 aromatic rings. The number of allylic oxidation sites excluding steroid dienone is 2. The van der Waals surface area contributed by atoms with Crippen molar-refractivity contribution in [1.29, 1.82) is 5.26 Å². The van der Waals surface area contributed by atoms with Gasteiger partial charge in [-0.05, 0) is 48.7 Å². The van der Waals surface area contributed by atoms with Gasteiger partial charge in [0.1, 0.15) is 11.6 Å². The molecule has 1 aromatic heterocycles. The summed E-state index contributed by atoms with van der Waals surface area (Å²) in [5.41, 5.74) is 10.4. The van der Waals surface area contributed by atoms with Crippen LogP contribution in [0.1, 0.15) is 18.2 Å². The Morgan fingerprint density at radius 1 is 1.23 bits per heavy atom. The second-order valence-corrected chi connectivity index (χ2v) is 5.90. The average molecular weight is 344 g/mol. The number of anilines is 1. The summed E-state index contributed by atoms with van der Waals surface area (Å²) in [6, 6.07) is 15.5. The first-order valence-corrected chi connectivity index (χ1v) is 8.32. The zero-order valence-corrected chi connectivity index (χ0v) is 14.5. The molecular formula is C20H20N6. The van der Waals surface area contributed by atoms with Crippen molar-refractivity contribution in [3.8, 4) is 6.07 Å². The molecule has 1 aromatic carbocycles. The molecule has 130 valence electrons. The van der Waals surface area contributed by atoms with Crippen LogP contribution in [0.4, 0.5) is 5.69 Å². The lowest BCUT2D eigenvalue weighted by molar-refractivity contribution is 0.910. The normalized spacial score (nSPS) is 16.9. The number of hydrogen-bond donors (Lipinski definition) is 3. The van der Waals surface area contributed by atoms with Crippen molar-refractivity contribution in [2.75, 3.05) is 12.3 Å². The molecular weight excluding hydrogens is 324 g/mol. The van der Waals surface area contributed by atoms with Crippen molar-refractivity contribution < 1.29 is 0 Å². The summed E-state index contributed by atoms with van der Waals surface area (Å²) in [6.45, 7) is 2.55. The Morgan fingerprint density at radius 3 is 2.73 bits per heavy atom. The lowest BCUT2D eigenvalue weighted by Gasteiger charge is -2.21. The van der Waals surface area contributed by atoms with Crippen LogP contribution >= 0.6 is 0 Å². The minimum Gasteiger partial charge on any atom is -0.399 e. The average Bonchev–Trinajstić information content (AvgIpc) is 2.67. The van der Waals surface area contributed by atoms with E-state index < -0.39 is 0 Å². The van der Waals surface area contributed by atoms with Crippen LogP contribution in [0.3, 0.4) is 0 Å². The van der Waals surface area contributed by atoms with Crippen LogP contribution in [0.5, 0.6) is 0 Å². The lowest BCUT2D eigenvalue weighted by Crippen LogP contribution is -2.39. The summed E-state index contributed by atoms with van der Waals surface area (Å²) < 4.78 is 0. The fraction of sp³-hybridized carbons (Fsp3) is 0.150. The van der Waals surface area contributed by atoms with Crippen molar-refractivity contribution in [3.63, 3.8) is 0 Å². The summed E-state index contributed by atoms with van der Waals surface area (Å²) in [7, 11) is 0. The van der Waals surface area contributed by atoms with Crippen LogP contribution in [-0.2, 0) is 6.42 Å². The van der Waals surface area contributed by atoms with Gasteiger partial charge in [0.25, 0.3) is 0 Å². The van der Waals surface area contributed by atoms with Gasteiger partial charge in [-0.1, -0.05) is 18.2 Å². The van der Waals surface area contributed by atoms with Crippen LogP contribution in [0.2, 0.25) is 0 Å². The molecule has 26 heavy (non-hydrogen) atoms. The number of nitrogens with zero attached hydrogens (tertiary/aromatic N) is 3. The number of nitriles is 1. The number of aliphatic imine (C=N–C) groups is 1. The standard InChI is InChI=1S/C20H20N6/c1-14-13-25-20(24-11-9-15-5-7-16(22)8-6-15)26-19(14)17(12-21)18-4-2-3-10-23-18/h2-8,10,13H,9,11,22H2,1H3,(H2,24,25,26). The maximum Gasteiger partial charge on any atom is 0.199 e. The first-order chi connectivity index (χ1) is 12.7. The van der Waals surface area contributed by atoms with E-state index >= 15 is 0 Å². The summed E-state index contributed by atoms with van der Waals surface area (Å²) in [4.78, 5) is 8.83. The quantitative estimate of drug-likeness (QED) is 0.585. The van der Waals surface area contributed by atoms with E-state index in [1.165, 1.54) is 5.56 Å². The molecule has 0 aliphatic carbocycles. The van der Waals surface area contributed by atoms with Crippen molar-refractivity contribution in [3.05, 3.63) is 77.4 Å². The van der Waals surface area contributed by atoms with Crippen LogP contribution in [0.25, 0.3) is 5.57 Å². The van der Waals surface area contributed by atoms with Gasteiger partial charge in [0.05, 0.1) is 11.4 Å². The molecule has 4 N–H and O–H groups in total. The fourth-order valence-electron chi connectivity index (χ4n) is 2.58. The minimum atomic E-state index is 0.493. The maximum atomic E-state index is 9.60. The van der Waals surface area contributed by atoms with Crippen LogP contribution in [0, 0.1) is 11.3 Å². The van der Waals surface area contributed by atoms with E-state index in [0.717, 1.165) is 23.4 Å². The first kappa shape index (κ1) is 17.2. The number of nitrogens with one attached hydrogen (secondary N) is 2. The van der Waals surface area contributed by atoms with Gasteiger partial charge in [0, 0.05) is 24.6 Å². The molecule has 6 heteroatoms. The van der Waals surface area contributed by atoms with Crippen molar-refractivity contribution in [1.82, 2.24) is 15.6 Å². The van der Waals surface area contributed by atoms with Gasteiger partial charge in [-0.25, -0.2) is 0 Å². The lowest BCUT2D eigenvalue weighted by atomic mass is 10.1. The van der Waals surface area contributed by atoms with E-state index in [0.29, 0.717) is 23.8 Å². The van der Waals surface area contributed by atoms with E-state index in [-0.39, 0.29) is 0 Å². The highest BCUT2D eigenvalue weighted by atomic mass is 15.2. The molecule has 1 aliphatic rings. The number of benzene rings is 1. The van der Waals surface area contributed by atoms with Crippen molar-refractivity contribution in [2.24, 2.45) is 4.99 Å². The predicted molar refractivity (Wildman–Crippen MR) is 104 cm³/mol. The Bertz CT molecular complexity index is 902. The topological polar surface area (TPSA) is 99.1 Å². The van der Waals surface area contributed by atoms with Gasteiger partial charge < -0.3 is 16.4 Å². The van der Waals surface area contributed by atoms with Gasteiger partial charge in [0.2, 0.25) is 0 Å². The number of aromatic nitrogens is 1. The smallest absolute Gasteiger partial charge is 0.199 e. The highest BCUT2D eigenvalue weighted by Gasteiger charge is 2.17. The van der Waals surface area contributed by atoms with E-state index in [1.807, 2.05) is 55.6 Å². The van der Waals surface area contributed by atoms with Gasteiger partial charge in [-0.2, -0.15) is 5.26 Å². The first-order valence-electron chi connectivity index (χ1n) is 8.32. The van der Waals surface area contributed by atoms with Crippen molar-refractivity contribution >= 4 is 17.2 Å². The third kappa shape index (κ3) is 4.08. The van der Waals surface area contributed by atoms with E-state index in [1.54, 1.807) is 6.20 Å². The second-order valence-electron chi connectivity index (χ2n) is 5.90. The molecule has 0 saturated carbocycles. The number of pyridine rings is 1. The van der Waals surface area contributed by atoms with Gasteiger partial charge in [-0.3, -0.25) is 9.98 Å². The van der Waals surface area contributed by atoms with E-state index in [4.69, 9.17) is 5.73 Å². The van der Waals surface area contributed by atoms with Gasteiger partial charge in [-0.15, -0.1) is 0 Å². The molecule has 0 atom stereocenters. The molecule has 3 rings (SSSR count). The Morgan fingerprint density at radius 2 is 2.04 bits per heavy atom. The molecule has 0 radical (unpaired) electrons. The van der Waals surface area contributed by atoms with Crippen LogP contribution in [-0.4, -0.2) is 17.5 Å². The molecule has 0 bridgehead atoms. The molecule has 2 heterocycles. The number of rotatable bonds is 4. The summed E-state index contributed by atoms with van der Waals surface area (Å²) >= 11 is 0. The van der Waals surface area contributed by atoms with E-state index in [9.17, 15) is 5.26 Å². The Kier molecular flexibility index (Phi) is 5.30. The van der Waals surface area contributed by atoms with Crippen LogP contribution in [0.15, 0.2) is 71.1 Å². The Labute approximate surface area is 152 Å². The number of nitrogens with two attached hydrogens (primary N) is 1. The molecule has 0 fully saturated rings. The monoisotopic (exact) mass is 344 g/mol. The highest BCUT2D eigenvalue weighted by Crippen LogP contribution is 2.21. The molecule has 0 unspecified atom stereocenters. The maximum absolute atomic E-state index is 9.60. The molecule has 0 spiro atoms. The largest absolute Gasteiger partial charge is 0.399 e. The molecule has 0 amide bonds. The third-order valence-corrected chi connectivity index (χ3v) is 4.00. The highest BCUT2D eigenvalue weighted by molar-refractivity contribution is 5.90. The second kappa shape index (κ2) is 7.99. The Hall–Kier alpha value is -3.59. The summed E-state index contributed by atoms with van der Waals surface area (Å²) in [6.07, 6.45) is 4.32. The number of nitrogen functional groups attached to an aromatic ring is 1. The minimum absolute atomic E-state index is 0.493. The van der Waals surface area contributed by atoms with Crippen LogP contribution < -0.4 is 16.4 Å². The summed E-state index contributed by atoms with van der Waals surface area (Å²) in [5.74, 6) is 0.615. The van der Waals surface area contributed by atoms with E-state index in [2.05, 4.69) is 26.7 Å². The van der Waals surface area contributed by atoms with Gasteiger partial charge >= 0.3 is 0 Å². The van der Waals surface area contributed by atoms with Gasteiger partial charge in [0.15, 0.2) is 5.96 Å². The third-order valence-electron chi connectivity index (χ3n) is 4.00. The zero-order chi connectivity index (χ0) is 18.4. The summed E-state index contributed by atoms with van der Waals surface area (Å²) in [5, 5.41) is 15.9. The number of guanidine groups is 1. The fourth-order valence-corrected chi connectivity index (χ4v) is 2.58. The Balaban J connectivity index is 1.77. The molecule has 0 saturated heterocycles. The molecule has 6 nitrogen and oxygen atoms in total. The number of hydrogen-bond acceptors (Lipinski definition) is 4. The van der Waals surface area contributed by atoms with Crippen molar-refractivity contribution in [2.45, 2.75) is 13.3 Å². The molecule has 1 aliphatic heterocycles. The predicted octanol–water partition coefficient (Wildman–Crippen LogP) is 2.59. The SMILES string of the molecule is CC1=CNC(=NCCc2ccc(N)cc2)NC1=C(C#N)c1ccccn1.